The third-order valence-corrected chi connectivity index (χ3v) is 3.64. The maximum absolute atomic E-state index is 12.4. The van der Waals surface area contributed by atoms with Crippen molar-refractivity contribution in [2.75, 3.05) is 20.2 Å². The third kappa shape index (κ3) is 4.41. The molecule has 3 rings (SSSR count). The Balaban J connectivity index is 1.48. The van der Waals surface area contributed by atoms with Crippen LogP contribution in [-0.2, 0) is 0 Å². The highest BCUT2D eigenvalue weighted by molar-refractivity contribution is 5.91. The van der Waals surface area contributed by atoms with Crippen molar-refractivity contribution in [3.63, 3.8) is 0 Å². The highest BCUT2D eigenvalue weighted by Gasteiger charge is 2.13. The number of carbonyl (C=O) groups is 1. The minimum atomic E-state index is -0.163. The van der Waals surface area contributed by atoms with Crippen LogP contribution in [0.2, 0.25) is 0 Å². The van der Waals surface area contributed by atoms with Gasteiger partial charge in [0.05, 0.1) is 6.61 Å². The third-order valence-electron chi connectivity index (χ3n) is 3.64. The van der Waals surface area contributed by atoms with E-state index >= 15 is 0 Å². The molecule has 0 N–H and O–H groups in total. The van der Waals surface area contributed by atoms with Crippen LogP contribution < -0.4 is 4.74 Å². The normalized spacial score (nSPS) is 10.4. The summed E-state index contributed by atoms with van der Waals surface area (Å²) in [7, 11) is 1.75. The predicted molar refractivity (Wildman–Crippen MR) is 92.7 cm³/mol. The van der Waals surface area contributed by atoms with Gasteiger partial charge in [0, 0.05) is 26.0 Å². The van der Waals surface area contributed by atoms with Gasteiger partial charge < -0.3 is 9.64 Å². The lowest BCUT2D eigenvalue weighted by molar-refractivity contribution is 0.0781. The number of amides is 1. The lowest BCUT2D eigenvalue weighted by Gasteiger charge is -2.16. The van der Waals surface area contributed by atoms with Gasteiger partial charge in [-0.3, -0.25) is 9.36 Å². The standard InChI is InChI=1S/C18H19N5O2/c1-22(11-5-13-25-15-6-3-2-4-7-15)18(24)16-8-9-17(21-20-16)23-12-10-19-14-23/h2-4,6-10,12,14H,5,11,13H2,1H3. The van der Waals surface area contributed by atoms with Crippen LogP contribution >= 0.6 is 0 Å². The summed E-state index contributed by atoms with van der Waals surface area (Å²) in [5, 5.41) is 8.07. The Labute approximate surface area is 145 Å². The lowest BCUT2D eigenvalue weighted by atomic mass is 10.3. The van der Waals surface area contributed by atoms with Crippen molar-refractivity contribution in [1.29, 1.82) is 0 Å². The number of imidazole rings is 1. The molecule has 0 bridgehead atoms. The number of aromatic nitrogens is 4. The number of rotatable bonds is 7. The Kier molecular flexibility index (Phi) is 5.36. The largest absolute Gasteiger partial charge is 0.494 e. The van der Waals surface area contributed by atoms with Crippen LogP contribution in [0.15, 0.2) is 61.2 Å². The molecule has 0 fully saturated rings. The zero-order valence-electron chi connectivity index (χ0n) is 13.9. The van der Waals surface area contributed by atoms with Gasteiger partial charge in [-0.25, -0.2) is 4.98 Å². The average molecular weight is 337 g/mol. The molecule has 7 nitrogen and oxygen atoms in total. The zero-order valence-corrected chi connectivity index (χ0v) is 13.9. The molecule has 7 heteroatoms. The summed E-state index contributed by atoms with van der Waals surface area (Å²) in [6, 6.07) is 13.0. The average Bonchev–Trinajstić information content (AvgIpc) is 3.20. The molecule has 0 unspecified atom stereocenters. The molecule has 0 aliphatic rings. The van der Waals surface area contributed by atoms with E-state index in [-0.39, 0.29) is 5.91 Å². The minimum Gasteiger partial charge on any atom is -0.494 e. The summed E-state index contributed by atoms with van der Waals surface area (Å²) in [6.07, 6.45) is 5.79. The molecule has 0 aliphatic heterocycles. The van der Waals surface area contributed by atoms with E-state index in [0.29, 0.717) is 24.7 Å². The predicted octanol–water partition coefficient (Wildman–Crippen LogP) is 2.20. The first-order valence-electron chi connectivity index (χ1n) is 7.99. The molecule has 0 saturated carbocycles. The van der Waals surface area contributed by atoms with Crippen LogP contribution in [0.1, 0.15) is 16.9 Å². The van der Waals surface area contributed by atoms with E-state index in [1.54, 1.807) is 47.4 Å². The van der Waals surface area contributed by atoms with Gasteiger partial charge in [-0.05, 0) is 30.7 Å². The fourth-order valence-corrected chi connectivity index (χ4v) is 2.28. The van der Waals surface area contributed by atoms with Crippen molar-refractivity contribution in [3.05, 3.63) is 66.9 Å². The van der Waals surface area contributed by atoms with Crippen molar-refractivity contribution in [2.24, 2.45) is 0 Å². The molecule has 1 amide bonds. The van der Waals surface area contributed by atoms with Gasteiger partial charge in [0.1, 0.15) is 12.1 Å². The molecule has 1 aromatic carbocycles. The number of hydrogen-bond donors (Lipinski definition) is 0. The van der Waals surface area contributed by atoms with Crippen molar-refractivity contribution in [1.82, 2.24) is 24.6 Å². The van der Waals surface area contributed by atoms with E-state index in [1.165, 1.54) is 0 Å². The Hall–Kier alpha value is -3.22. The van der Waals surface area contributed by atoms with Gasteiger partial charge in [-0.15, -0.1) is 10.2 Å². The molecule has 0 radical (unpaired) electrons. The zero-order chi connectivity index (χ0) is 17.5. The van der Waals surface area contributed by atoms with Gasteiger partial charge in [0.25, 0.3) is 5.91 Å². The van der Waals surface area contributed by atoms with E-state index in [9.17, 15) is 4.79 Å². The first-order chi connectivity index (χ1) is 12.2. The highest BCUT2D eigenvalue weighted by atomic mass is 16.5. The first-order valence-corrected chi connectivity index (χ1v) is 7.99. The number of carbonyl (C=O) groups excluding carboxylic acids is 1. The van der Waals surface area contributed by atoms with Crippen molar-refractivity contribution in [3.8, 4) is 11.6 Å². The molecule has 128 valence electrons. The van der Waals surface area contributed by atoms with Crippen LogP contribution in [-0.4, -0.2) is 50.8 Å². The van der Waals surface area contributed by atoms with Gasteiger partial charge in [-0.1, -0.05) is 18.2 Å². The minimum absolute atomic E-state index is 0.163. The van der Waals surface area contributed by atoms with E-state index in [1.807, 2.05) is 30.3 Å². The lowest BCUT2D eigenvalue weighted by Crippen LogP contribution is -2.29. The van der Waals surface area contributed by atoms with E-state index in [0.717, 1.165) is 12.2 Å². The maximum Gasteiger partial charge on any atom is 0.274 e. The molecular weight excluding hydrogens is 318 g/mol. The smallest absolute Gasteiger partial charge is 0.274 e. The first kappa shape index (κ1) is 16.6. The monoisotopic (exact) mass is 337 g/mol. The van der Waals surface area contributed by atoms with Crippen LogP contribution in [0, 0.1) is 0 Å². The molecule has 0 aliphatic carbocycles. The topological polar surface area (TPSA) is 73.1 Å². The second-order valence-electron chi connectivity index (χ2n) is 5.49. The van der Waals surface area contributed by atoms with Crippen molar-refractivity contribution in [2.45, 2.75) is 6.42 Å². The second-order valence-corrected chi connectivity index (χ2v) is 5.49. The Morgan fingerprint density at radius 2 is 2.00 bits per heavy atom. The van der Waals surface area contributed by atoms with Crippen LogP contribution in [0.5, 0.6) is 5.75 Å². The van der Waals surface area contributed by atoms with Gasteiger partial charge in [0.2, 0.25) is 0 Å². The fourth-order valence-electron chi connectivity index (χ4n) is 2.28. The molecule has 0 saturated heterocycles. The summed E-state index contributed by atoms with van der Waals surface area (Å²) in [5.74, 6) is 1.29. The van der Waals surface area contributed by atoms with E-state index in [4.69, 9.17) is 4.74 Å². The van der Waals surface area contributed by atoms with E-state index in [2.05, 4.69) is 15.2 Å². The number of benzene rings is 1. The van der Waals surface area contributed by atoms with Crippen LogP contribution in [0.25, 0.3) is 5.82 Å². The Morgan fingerprint density at radius 1 is 1.16 bits per heavy atom. The van der Waals surface area contributed by atoms with E-state index < -0.39 is 0 Å². The summed E-state index contributed by atoms with van der Waals surface area (Å²) < 4.78 is 7.35. The summed E-state index contributed by atoms with van der Waals surface area (Å²) in [5.41, 5.74) is 0.315. The van der Waals surface area contributed by atoms with Crippen molar-refractivity contribution >= 4 is 5.91 Å². The molecular formula is C18H19N5O2. The van der Waals surface area contributed by atoms with Gasteiger partial charge in [-0.2, -0.15) is 0 Å². The van der Waals surface area contributed by atoms with Gasteiger partial charge >= 0.3 is 0 Å². The Bertz CT molecular complexity index is 788. The number of ether oxygens (including phenoxy) is 1. The number of hydrogen-bond acceptors (Lipinski definition) is 5. The summed E-state index contributed by atoms with van der Waals surface area (Å²) in [6.45, 7) is 1.13. The fraction of sp³-hybridized carbons (Fsp3) is 0.222. The SMILES string of the molecule is CN(CCCOc1ccccc1)C(=O)c1ccc(-n2ccnc2)nn1. The molecule has 2 aromatic heterocycles. The number of para-hydroxylation sites is 1. The number of nitrogens with zero attached hydrogens (tertiary/aromatic N) is 5. The molecule has 0 atom stereocenters. The highest BCUT2D eigenvalue weighted by Crippen LogP contribution is 2.09. The quantitative estimate of drug-likeness (QED) is 0.618. The summed E-state index contributed by atoms with van der Waals surface area (Å²) >= 11 is 0. The molecule has 3 aromatic rings. The molecule has 25 heavy (non-hydrogen) atoms. The van der Waals surface area contributed by atoms with Crippen LogP contribution in [0.4, 0.5) is 0 Å². The molecule has 2 heterocycles. The van der Waals surface area contributed by atoms with Crippen LogP contribution in [0.3, 0.4) is 0 Å². The summed E-state index contributed by atoms with van der Waals surface area (Å²) in [4.78, 5) is 17.9. The Morgan fingerprint density at radius 3 is 2.68 bits per heavy atom. The van der Waals surface area contributed by atoms with Crippen molar-refractivity contribution < 1.29 is 9.53 Å². The maximum atomic E-state index is 12.4. The second kappa shape index (κ2) is 8.05. The molecule has 0 spiro atoms. The van der Waals surface area contributed by atoms with Gasteiger partial charge in [0.15, 0.2) is 11.5 Å².